The minimum atomic E-state index is -0.583. The van der Waals surface area contributed by atoms with Crippen LogP contribution < -0.4 is 0 Å². The summed E-state index contributed by atoms with van der Waals surface area (Å²) >= 11 is 0. The second-order valence-corrected chi connectivity index (χ2v) is 7.43. The van der Waals surface area contributed by atoms with Gasteiger partial charge in [0.2, 0.25) is 0 Å². The summed E-state index contributed by atoms with van der Waals surface area (Å²) in [5.41, 5.74) is 0. The molecule has 0 aliphatic carbocycles. The Labute approximate surface area is 172 Å². The summed E-state index contributed by atoms with van der Waals surface area (Å²) in [5, 5.41) is 9.17. The summed E-state index contributed by atoms with van der Waals surface area (Å²) in [5.74, 6) is -0.297. The van der Waals surface area contributed by atoms with Crippen LogP contribution in [-0.4, -0.2) is 48.9 Å². The molecule has 0 radical (unpaired) electrons. The lowest BCUT2D eigenvalue weighted by atomic mass is 9.98. The van der Waals surface area contributed by atoms with E-state index in [1.807, 2.05) is 18.2 Å². The maximum absolute atomic E-state index is 11.2. The quantitative estimate of drug-likeness (QED) is 0.159. The van der Waals surface area contributed by atoms with Crippen LogP contribution in [0.4, 0.5) is 0 Å². The van der Waals surface area contributed by atoms with Crippen LogP contribution in [0.5, 0.6) is 0 Å². The number of hydrogen-bond donors (Lipinski definition) is 1. The number of carbonyl (C=O) groups excluding carboxylic acids is 1. The van der Waals surface area contributed by atoms with Crippen molar-refractivity contribution in [1.29, 1.82) is 0 Å². The normalized spacial score (nSPS) is 28.5. The van der Waals surface area contributed by atoms with Crippen LogP contribution in [0.15, 0.2) is 24.3 Å². The van der Waals surface area contributed by atoms with Crippen molar-refractivity contribution in [3.8, 4) is 0 Å². The Bertz CT molecular complexity index is 521. The van der Waals surface area contributed by atoms with Gasteiger partial charge in [0.1, 0.15) is 30.5 Å². The predicted octanol–water partition coefficient (Wildman–Crippen LogP) is 4.06. The minimum absolute atomic E-state index is 0.132. The summed E-state index contributed by atoms with van der Waals surface area (Å²) in [4.78, 5) is 37.2. The van der Waals surface area contributed by atoms with E-state index in [0.29, 0.717) is 25.7 Å². The first-order valence-corrected chi connectivity index (χ1v) is 10.5. The number of hydrogen-bond acceptors (Lipinski definition) is 8. The van der Waals surface area contributed by atoms with Gasteiger partial charge in [-0.15, -0.1) is 0 Å². The summed E-state index contributed by atoms with van der Waals surface area (Å²) in [7, 11) is 1.34. The molecule has 0 amide bonds. The van der Waals surface area contributed by atoms with Crippen molar-refractivity contribution in [3.05, 3.63) is 24.3 Å². The Hall–Kier alpha value is -1.29. The highest BCUT2D eigenvalue weighted by Gasteiger charge is 2.42. The second-order valence-electron chi connectivity index (χ2n) is 7.43. The molecule has 8 nitrogen and oxygen atoms in total. The van der Waals surface area contributed by atoms with E-state index < -0.39 is 12.2 Å². The van der Waals surface area contributed by atoms with Gasteiger partial charge in [0.15, 0.2) is 0 Å². The molecule has 2 aliphatic rings. The van der Waals surface area contributed by atoms with Crippen LogP contribution in [-0.2, 0) is 34.0 Å². The molecule has 0 saturated carbocycles. The number of unbranched alkanes of at least 4 members (excludes halogenated alkanes) is 3. The van der Waals surface area contributed by atoms with E-state index in [-0.39, 0.29) is 30.7 Å². The fourth-order valence-corrected chi connectivity index (χ4v) is 3.38. The number of carbonyl (C=O) groups is 1. The van der Waals surface area contributed by atoms with E-state index in [9.17, 15) is 4.79 Å². The summed E-state index contributed by atoms with van der Waals surface area (Å²) in [6, 6.07) is 0. The highest BCUT2D eigenvalue weighted by molar-refractivity contribution is 5.68. The highest BCUT2D eigenvalue weighted by Crippen LogP contribution is 2.31. The van der Waals surface area contributed by atoms with Crippen LogP contribution in [0.3, 0.4) is 0 Å². The van der Waals surface area contributed by atoms with Crippen LogP contribution in [0.25, 0.3) is 0 Å². The van der Waals surface area contributed by atoms with E-state index in [2.05, 4.69) is 22.6 Å². The van der Waals surface area contributed by atoms with E-state index in [0.717, 1.165) is 6.42 Å². The Morgan fingerprint density at radius 3 is 2.66 bits per heavy atom. The molecule has 2 saturated heterocycles. The molecule has 0 aromatic heterocycles. The van der Waals surface area contributed by atoms with Crippen molar-refractivity contribution in [1.82, 2.24) is 0 Å². The SMILES string of the molecule is CCCCC/C=C/C=C/C1CC(C2CC(C(CCCC(=O)OC)OO)OO2)OO1. The average molecular weight is 414 g/mol. The molecule has 5 unspecified atom stereocenters. The second kappa shape index (κ2) is 13.8. The smallest absolute Gasteiger partial charge is 0.305 e. The van der Waals surface area contributed by atoms with E-state index in [1.54, 1.807) is 0 Å². The molecule has 2 aliphatic heterocycles. The molecule has 29 heavy (non-hydrogen) atoms. The van der Waals surface area contributed by atoms with Crippen LogP contribution >= 0.6 is 0 Å². The first-order chi connectivity index (χ1) is 14.2. The van der Waals surface area contributed by atoms with Crippen molar-refractivity contribution in [2.45, 2.75) is 95.2 Å². The molecule has 5 atom stereocenters. The van der Waals surface area contributed by atoms with Crippen molar-refractivity contribution < 1.29 is 39.2 Å². The Morgan fingerprint density at radius 1 is 1.10 bits per heavy atom. The first kappa shape index (κ1) is 24.0. The fourth-order valence-electron chi connectivity index (χ4n) is 3.38. The predicted molar refractivity (Wildman–Crippen MR) is 105 cm³/mol. The molecule has 8 heteroatoms. The number of rotatable bonds is 13. The molecule has 0 aromatic rings. The molecule has 0 bridgehead atoms. The van der Waals surface area contributed by atoms with Crippen LogP contribution in [0, 0.1) is 0 Å². The monoisotopic (exact) mass is 414 g/mol. The zero-order chi connectivity index (χ0) is 20.9. The third kappa shape index (κ3) is 8.54. The lowest BCUT2D eigenvalue weighted by Gasteiger charge is -2.17. The van der Waals surface area contributed by atoms with Gasteiger partial charge < -0.3 is 4.74 Å². The standard InChI is InChI=1S/C21H34O8/c1-3-4-5-6-7-8-9-11-16-14-18(27-26-16)20-15-19(28-29-20)17(25-23)12-10-13-21(22)24-2/h7-9,11,16-20,23H,3-6,10,12-15H2,1-2H3/b8-7+,11-9+. The zero-order valence-corrected chi connectivity index (χ0v) is 17.4. The molecule has 2 fully saturated rings. The summed E-state index contributed by atoms with van der Waals surface area (Å²) < 4.78 is 4.60. The molecule has 0 aromatic carbocycles. The zero-order valence-electron chi connectivity index (χ0n) is 17.4. The maximum Gasteiger partial charge on any atom is 0.305 e. The summed E-state index contributed by atoms with van der Waals surface area (Å²) in [6.45, 7) is 2.20. The van der Waals surface area contributed by atoms with E-state index >= 15 is 0 Å². The van der Waals surface area contributed by atoms with Crippen molar-refractivity contribution in [3.63, 3.8) is 0 Å². The molecular formula is C21H34O8. The number of methoxy groups -OCH3 is 1. The molecule has 1 N–H and O–H groups in total. The third-order valence-electron chi connectivity index (χ3n) is 5.14. The minimum Gasteiger partial charge on any atom is -0.469 e. The van der Waals surface area contributed by atoms with Crippen LogP contribution in [0.2, 0.25) is 0 Å². The fraction of sp³-hybridized carbons (Fsp3) is 0.762. The topological polar surface area (TPSA) is 92.7 Å². The number of esters is 1. The first-order valence-electron chi connectivity index (χ1n) is 10.5. The molecule has 2 rings (SSSR count). The van der Waals surface area contributed by atoms with Gasteiger partial charge in [-0.2, -0.15) is 0 Å². The molecule has 166 valence electrons. The average Bonchev–Trinajstić information content (AvgIpc) is 3.40. The van der Waals surface area contributed by atoms with Gasteiger partial charge in [0, 0.05) is 19.3 Å². The van der Waals surface area contributed by atoms with E-state index in [1.165, 1.54) is 26.4 Å². The van der Waals surface area contributed by atoms with Crippen molar-refractivity contribution >= 4 is 5.97 Å². The van der Waals surface area contributed by atoms with Gasteiger partial charge >= 0.3 is 5.97 Å². The lowest BCUT2D eigenvalue weighted by molar-refractivity contribution is -0.367. The Balaban J connectivity index is 1.68. The largest absolute Gasteiger partial charge is 0.469 e. The van der Waals surface area contributed by atoms with Gasteiger partial charge in [-0.3, -0.25) is 10.1 Å². The van der Waals surface area contributed by atoms with Crippen molar-refractivity contribution in [2.75, 3.05) is 7.11 Å². The van der Waals surface area contributed by atoms with Gasteiger partial charge in [0.25, 0.3) is 0 Å². The summed E-state index contributed by atoms with van der Waals surface area (Å²) in [6.07, 6.45) is 13.6. The number of allylic oxidation sites excluding steroid dienone is 3. The molecule has 0 spiro atoms. The van der Waals surface area contributed by atoms with E-state index in [4.69, 9.17) is 24.8 Å². The number of ether oxygens (including phenoxy) is 1. The Kier molecular flexibility index (Phi) is 11.5. The molecular weight excluding hydrogens is 380 g/mol. The van der Waals surface area contributed by atoms with Crippen LogP contribution in [0.1, 0.15) is 64.7 Å². The van der Waals surface area contributed by atoms with Gasteiger partial charge in [0.05, 0.1) is 7.11 Å². The van der Waals surface area contributed by atoms with Gasteiger partial charge in [-0.05, 0) is 25.7 Å². The molecule has 2 heterocycles. The maximum atomic E-state index is 11.2. The Morgan fingerprint density at radius 2 is 1.90 bits per heavy atom. The lowest BCUT2D eigenvalue weighted by Crippen LogP contribution is -2.30. The van der Waals surface area contributed by atoms with Gasteiger partial charge in [-0.25, -0.2) is 24.4 Å². The van der Waals surface area contributed by atoms with Gasteiger partial charge in [-0.1, -0.05) is 44.1 Å². The highest BCUT2D eigenvalue weighted by atomic mass is 17.2. The van der Waals surface area contributed by atoms with Crippen molar-refractivity contribution in [2.24, 2.45) is 0 Å². The third-order valence-corrected chi connectivity index (χ3v) is 5.14.